The molecule has 0 radical (unpaired) electrons. The molecule has 0 aliphatic carbocycles. The van der Waals surface area contributed by atoms with Crippen LogP contribution in [0.1, 0.15) is 13.8 Å². The third-order valence-corrected chi connectivity index (χ3v) is 9.82. The van der Waals surface area contributed by atoms with Gasteiger partial charge in [0.05, 0.1) is 21.9 Å². The van der Waals surface area contributed by atoms with Gasteiger partial charge in [0.25, 0.3) is 0 Å². The summed E-state index contributed by atoms with van der Waals surface area (Å²) < 4.78 is 15.0. The van der Waals surface area contributed by atoms with Crippen molar-refractivity contribution in [2.45, 2.75) is 19.4 Å². The fraction of sp³-hybridized carbons (Fsp3) is 0.0714. The van der Waals surface area contributed by atoms with Crippen LogP contribution >= 0.6 is 0 Å². The Morgan fingerprint density at radius 1 is 0.660 bits per heavy atom. The van der Waals surface area contributed by atoms with Gasteiger partial charge in [-0.15, -0.1) is 23.6 Å². The average molecular weight is 826 g/mol. The van der Waals surface area contributed by atoms with E-state index in [1.165, 1.54) is 10.8 Å². The van der Waals surface area contributed by atoms with Gasteiger partial charge in [0, 0.05) is 32.7 Å². The molecule has 1 aliphatic rings. The maximum absolute atomic E-state index is 6.42. The van der Waals surface area contributed by atoms with Crippen LogP contribution in [0.2, 0.25) is 0 Å². The molecule has 0 saturated heterocycles. The van der Waals surface area contributed by atoms with Crippen LogP contribution in [-0.4, -0.2) is 23.2 Å². The fourth-order valence-electron chi connectivity index (χ4n) is 7.64. The Bertz CT molecular complexity index is 3270. The Labute approximate surface area is 299 Å². The van der Waals surface area contributed by atoms with Crippen LogP contribution in [-0.2, 0) is 26.6 Å². The summed E-state index contributed by atoms with van der Waals surface area (Å²) >= 11 is 0. The largest absolute Gasteiger partial charge is 0.466 e. The summed E-state index contributed by atoms with van der Waals surface area (Å²) in [6.45, 7) is 4.40. The summed E-state index contributed by atoms with van der Waals surface area (Å²) in [5.74, 6) is 0.749. The maximum Gasteiger partial charge on any atom is 0.242 e. The summed E-state index contributed by atoms with van der Waals surface area (Å²) in [6, 6.07) is 47.1. The van der Waals surface area contributed by atoms with E-state index in [2.05, 4.69) is 129 Å². The normalized spacial score (nSPS) is 13.6. The van der Waals surface area contributed by atoms with Gasteiger partial charge in [-0.05, 0) is 54.3 Å². The molecule has 0 unspecified atom stereocenters. The third kappa shape index (κ3) is 3.98. The number of benzene rings is 5. The second-order valence-corrected chi connectivity index (χ2v) is 13.2. The van der Waals surface area contributed by atoms with Gasteiger partial charge in [0.2, 0.25) is 17.8 Å². The zero-order chi connectivity index (χ0) is 32.4. The number of nitrogens with zero attached hydrogens (tertiary/aromatic N) is 6. The molecular weight excluding hydrogens is 800 g/mol. The van der Waals surface area contributed by atoms with Crippen molar-refractivity contribution in [3.63, 3.8) is 0 Å². The molecule has 242 valence electrons. The van der Waals surface area contributed by atoms with Crippen molar-refractivity contribution in [2.24, 2.45) is 0 Å². The van der Waals surface area contributed by atoms with Crippen LogP contribution in [0.4, 0.5) is 0 Å². The fourth-order valence-corrected chi connectivity index (χ4v) is 7.64. The van der Waals surface area contributed by atoms with E-state index < -0.39 is 5.54 Å². The van der Waals surface area contributed by atoms with E-state index in [1.807, 2.05) is 42.5 Å². The van der Waals surface area contributed by atoms with Gasteiger partial charge in [0.1, 0.15) is 5.54 Å². The first kappa shape index (κ1) is 29.2. The summed E-state index contributed by atoms with van der Waals surface area (Å²) in [4.78, 5) is 10.2. The van der Waals surface area contributed by atoms with Gasteiger partial charge >= 0.3 is 0 Å². The zero-order valence-corrected chi connectivity index (χ0v) is 29.2. The van der Waals surface area contributed by atoms with E-state index in [0.717, 1.165) is 66.0 Å². The Balaban J connectivity index is 0.00000316. The van der Waals surface area contributed by atoms with Crippen molar-refractivity contribution < 1.29 is 30.0 Å². The molecule has 8 bridgehead atoms. The number of aromatic nitrogens is 6. The second kappa shape index (κ2) is 10.4. The first-order chi connectivity index (χ1) is 24.0. The Morgan fingerprint density at radius 2 is 1.40 bits per heavy atom. The van der Waals surface area contributed by atoms with Crippen molar-refractivity contribution >= 4 is 88.8 Å². The average Bonchev–Trinajstić information content (AvgIpc) is 3.64. The molecule has 8 heteroatoms. The van der Waals surface area contributed by atoms with Gasteiger partial charge in [-0.1, -0.05) is 82.6 Å². The molecule has 0 N–H and O–H groups in total. The zero-order valence-electron chi connectivity index (χ0n) is 27.0. The van der Waals surface area contributed by atoms with Crippen molar-refractivity contribution in [3.05, 3.63) is 139 Å². The number of fused-ring (bicyclic) bond motifs is 17. The minimum atomic E-state index is -0.464. The smallest absolute Gasteiger partial charge is 0.242 e. The standard InChI is InChI=1S/C42H26N6O.Pt/c1-42(2)24-38-32-15-6-5-13-30(32)29-12-3-4-14-31(29)33-19-18-27-23-37(33)45(38)25-46(42)26-10-9-11-28(22-26)49-39-21-20-36-40(44-39)47(27)41-43-34-16-7-8-17-35(34)48(36)41;/h3-21,24H,1-2H3;/q-2;. The summed E-state index contributed by atoms with van der Waals surface area (Å²) in [6.07, 6.45) is 6.14. The predicted molar refractivity (Wildman–Crippen MR) is 193 cm³/mol. The minimum absolute atomic E-state index is 0. The van der Waals surface area contributed by atoms with Crippen molar-refractivity contribution in [1.82, 2.24) is 23.2 Å². The molecule has 50 heavy (non-hydrogen) atoms. The first-order valence-corrected chi connectivity index (χ1v) is 16.4. The second-order valence-electron chi connectivity index (χ2n) is 13.2. The molecule has 1 aliphatic heterocycles. The summed E-state index contributed by atoms with van der Waals surface area (Å²) in [5.41, 5.74) is 6.65. The molecule has 7 nitrogen and oxygen atoms in total. The van der Waals surface area contributed by atoms with Crippen molar-refractivity contribution in [3.8, 4) is 0 Å². The van der Waals surface area contributed by atoms with Crippen molar-refractivity contribution in [1.29, 1.82) is 0 Å². The molecule has 11 rings (SSSR count). The number of pyridine rings is 1. The van der Waals surface area contributed by atoms with Crippen LogP contribution in [0, 0.1) is 18.5 Å². The number of rotatable bonds is 0. The van der Waals surface area contributed by atoms with Gasteiger partial charge < -0.3 is 13.4 Å². The molecule has 10 aromatic rings. The number of hydrogen-bond donors (Lipinski definition) is 0. The van der Waals surface area contributed by atoms with Crippen LogP contribution in [0.15, 0.2) is 120 Å². The van der Waals surface area contributed by atoms with E-state index in [1.54, 1.807) is 0 Å². The molecular formula is C42H26N6OPt-2. The predicted octanol–water partition coefficient (Wildman–Crippen LogP) is 7.93. The van der Waals surface area contributed by atoms with E-state index in [0.29, 0.717) is 11.3 Å². The molecule has 6 heterocycles. The van der Waals surface area contributed by atoms with Gasteiger partial charge in [0.15, 0.2) is 5.65 Å². The van der Waals surface area contributed by atoms with Crippen molar-refractivity contribution in [2.75, 3.05) is 0 Å². The van der Waals surface area contributed by atoms with E-state index in [9.17, 15) is 0 Å². The molecule has 0 saturated carbocycles. The van der Waals surface area contributed by atoms with Gasteiger partial charge in [-0.25, -0.2) is 4.98 Å². The Kier molecular flexibility index (Phi) is 6.04. The molecule has 5 aromatic heterocycles. The Morgan fingerprint density at radius 3 is 2.24 bits per heavy atom. The topological polar surface area (TPSA) is 56.0 Å². The van der Waals surface area contributed by atoms with Crippen LogP contribution in [0.3, 0.4) is 0 Å². The maximum atomic E-state index is 6.42. The molecule has 0 spiro atoms. The number of hydrogen-bond acceptors (Lipinski definition) is 3. The number of imidazole rings is 2. The quantitative estimate of drug-likeness (QED) is 0.115. The molecule has 0 amide bonds. The number of para-hydroxylation sites is 2. The van der Waals surface area contributed by atoms with Crippen LogP contribution in [0.5, 0.6) is 0 Å². The Hall–Kier alpha value is -5.78. The van der Waals surface area contributed by atoms with Crippen LogP contribution in [0.25, 0.3) is 88.8 Å². The molecule has 0 fully saturated rings. The van der Waals surface area contributed by atoms with E-state index in [-0.39, 0.29) is 21.1 Å². The summed E-state index contributed by atoms with van der Waals surface area (Å²) in [5, 5.41) is 6.69. The first-order valence-electron chi connectivity index (χ1n) is 16.4. The molecule has 0 atom stereocenters. The monoisotopic (exact) mass is 825 g/mol. The van der Waals surface area contributed by atoms with Gasteiger partial charge in [-0.3, -0.25) is 8.80 Å². The van der Waals surface area contributed by atoms with Crippen LogP contribution < -0.4 is 9.92 Å². The van der Waals surface area contributed by atoms with E-state index in [4.69, 9.17) is 14.4 Å². The minimum Gasteiger partial charge on any atom is -0.466 e. The van der Waals surface area contributed by atoms with E-state index >= 15 is 0 Å². The third-order valence-electron chi connectivity index (χ3n) is 9.82. The van der Waals surface area contributed by atoms with Gasteiger partial charge in [-0.2, -0.15) is 29.2 Å². The SMILES string of the molecule is CC1(C)C=c2c3ccccc3c3ccccc3c3ccc4[c-]c3n2[c-][n+]1c1[c-]c(ccc1)oc1ccc2c(n1)n4c1nc3ccccc3n21.[Pt]. The summed E-state index contributed by atoms with van der Waals surface area (Å²) in [7, 11) is 0. The molecule has 5 aromatic carbocycles.